The van der Waals surface area contributed by atoms with Crippen LogP contribution in [0.5, 0.6) is 0 Å². The summed E-state index contributed by atoms with van der Waals surface area (Å²) in [6.07, 6.45) is 7.74. The molecule has 0 bridgehead atoms. The Morgan fingerprint density at radius 1 is 1.06 bits per heavy atom. The van der Waals surface area contributed by atoms with E-state index in [4.69, 9.17) is 9.51 Å². The molecule has 0 aliphatic heterocycles. The molecule has 1 saturated carbocycles. The summed E-state index contributed by atoms with van der Waals surface area (Å²) in [7, 11) is 0. The summed E-state index contributed by atoms with van der Waals surface area (Å²) in [6.45, 7) is 6.21. The van der Waals surface area contributed by atoms with Gasteiger partial charge in [-0.15, -0.1) is 0 Å². The first-order chi connectivity index (χ1) is 17.0. The number of rotatable bonds is 6. The van der Waals surface area contributed by atoms with Crippen LogP contribution >= 0.6 is 0 Å². The molecule has 4 heterocycles. The molecule has 0 amide bonds. The molecule has 35 heavy (non-hydrogen) atoms. The molecule has 6 rings (SSSR count). The van der Waals surface area contributed by atoms with Gasteiger partial charge in [-0.05, 0) is 62.9 Å². The highest BCUT2D eigenvalue weighted by atomic mass is 16.5. The second-order valence-electron chi connectivity index (χ2n) is 9.50. The van der Waals surface area contributed by atoms with Crippen LogP contribution in [0.25, 0.3) is 33.3 Å². The summed E-state index contributed by atoms with van der Waals surface area (Å²) in [6, 6.07) is 16.5. The number of benzene rings is 1. The number of aryl methyl sites for hydroxylation is 2. The number of carbonyl (C=O) groups excluding carboxylic acids is 1. The van der Waals surface area contributed by atoms with E-state index in [0.717, 1.165) is 68.8 Å². The van der Waals surface area contributed by atoms with Crippen molar-refractivity contribution >= 4 is 16.8 Å². The summed E-state index contributed by atoms with van der Waals surface area (Å²) in [5, 5.41) is 4.12. The first-order valence-electron chi connectivity index (χ1n) is 11.9. The van der Waals surface area contributed by atoms with E-state index in [-0.39, 0.29) is 11.2 Å². The molecule has 0 spiro atoms. The fourth-order valence-corrected chi connectivity index (χ4v) is 5.14. The van der Waals surface area contributed by atoms with Gasteiger partial charge in [-0.25, -0.2) is 0 Å². The molecule has 1 aromatic carbocycles. The number of aromatic nitrogens is 4. The molecule has 1 aliphatic rings. The third-order valence-electron chi connectivity index (χ3n) is 7.27. The fourth-order valence-electron chi connectivity index (χ4n) is 5.14. The van der Waals surface area contributed by atoms with Crippen LogP contribution in [0.2, 0.25) is 0 Å². The maximum absolute atomic E-state index is 12.2. The summed E-state index contributed by atoms with van der Waals surface area (Å²) in [5.74, 6) is 1.03. The Morgan fingerprint density at radius 3 is 2.49 bits per heavy atom. The lowest BCUT2D eigenvalue weighted by Crippen LogP contribution is -2.16. The molecular weight excluding hydrogens is 436 g/mol. The Kier molecular flexibility index (Phi) is 4.92. The van der Waals surface area contributed by atoms with Gasteiger partial charge in [-0.1, -0.05) is 35.5 Å². The molecule has 1 fully saturated rings. The van der Waals surface area contributed by atoms with Gasteiger partial charge in [0.1, 0.15) is 11.5 Å². The van der Waals surface area contributed by atoms with Crippen LogP contribution in [-0.4, -0.2) is 25.5 Å². The van der Waals surface area contributed by atoms with Gasteiger partial charge in [-0.3, -0.25) is 14.8 Å². The highest BCUT2D eigenvalue weighted by Crippen LogP contribution is 2.49. The minimum Gasteiger partial charge on any atom is -0.361 e. The summed E-state index contributed by atoms with van der Waals surface area (Å²) < 4.78 is 7.61. The van der Waals surface area contributed by atoms with Crippen LogP contribution in [0.4, 0.5) is 0 Å². The van der Waals surface area contributed by atoms with Crippen LogP contribution in [0.15, 0.2) is 71.6 Å². The van der Waals surface area contributed by atoms with Crippen molar-refractivity contribution in [3.63, 3.8) is 0 Å². The largest absolute Gasteiger partial charge is 0.361 e. The first kappa shape index (κ1) is 21.5. The molecule has 0 atom stereocenters. The first-order valence-corrected chi connectivity index (χ1v) is 11.9. The van der Waals surface area contributed by atoms with E-state index in [9.17, 15) is 4.79 Å². The van der Waals surface area contributed by atoms with Crippen molar-refractivity contribution in [1.29, 1.82) is 0 Å². The van der Waals surface area contributed by atoms with E-state index in [1.165, 1.54) is 0 Å². The van der Waals surface area contributed by atoms with Crippen LogP contribution in [-0.2, 0) is 16.8 Å². The van der Waals surface area contributed by atoms with E-state index < -0.39 is 0 Å². The van der Waals surface area contributed by atoms with Crippen LogP contribution < -0.4 is 0 Å². The molecule has 0 N–H and O–H groups in total. The molecular formula is C29H26N4O2. The Balaban J connectivity index is 1.48. The van der Waals surface area contributed by atoms with Gasteiger partial charge in [0.15, 0.2) is 0 Å². The zero-order valence-electron chi connectivity index (χ0n) is 20.1. The molecule has 6 heteroatoms. The lowest BCUT2D eigenvalue weighted by Gasteiger charge is -2.12. The number of carbonyl (C=O) groups is 1. The minimum absolute atomic E-state index is 0.255. The molecule has 4 aromatic heterocycles. The number of ketones is 1. The predicted octanol–water partition coefficient (Wildman–Crippen LogP) is 6.04. The lowest BCUT2D eigenvalue weighted by atomic mass is 9.91. The van der Waals surface area contributed by atoms with Crippen LogP contribution in [0, 0.1) is 13.8 Å². The van der Waals surface area contributed by atoms with Crippen molar-refractivity contribution in [2.24, 2.45) is 0 Å². The average molecular weight is 463 g/mol. The molecule has 5 aromatic rings. The van der Waals surface area contributed by atoms with Crippen LogP contribution in [0.1, 0.15) is 42.5 Å². The topological polar surface area (TPSA) is 73.8 Å². The van der Waals surface area contributed by atoms with Gasteiger partial charge in [0, 0.05) is 35.3 Å². The van der Waals surface area contributed by atoms with Gasteiger partial charge in [-0.2, -0.15) is 0 Å². The third-order valence-corrected chi connectivity index (χ3v) is 7.27. The Labute approximate surface area is 203 Å². The van der Waals surface area contributed by atoms with Crippen molar-refractivity contribution in [2.45, 2.75) is 45.6 Å². The van der Waals surface area contributed by atoms with Crippen molar-refractivity contribution < 1.29 is 9.32 Å². The van der Waals surface area contributed by atoms with Crippen molar-refractivity contribution in [3.05, 3.63) is 89.8 Å². The Bertz CT molecular complexity index is 1540. The van der Waals surface area contributed by atoms with Crippen molar-refractivity contribution in [3.8, 4) is 22.3 Å². The SMILES string of the molecule is CC(=O)C1(c2ccc(-c3cn(Cc4ccccn4)c4cc(-c5c(C)noc5C)cnc34)cc2)CC1. The summed E-state index contributed by atoms with van der Waals surface area (Å²) >= 11 is 0. The van der Waals surface area contributed by atoms with Gasteiger partial charge in [0.25, 0.3) is 0 Å². The monoisotopic (exact) mass is 462 g/mol. The Morgan fingerprint density at radius 2 is 1.86 bits per heavy atom. The summed E-state index contributed by atoms with van der Waals surface area (Å²) in [5.41, 5.74) is 8.71. The van der Waals surface area contributed by atoms with Gasteiger partial charge < -0.3 is 9.09 Å². The second-order valence-corrected chi connectivity index (χ2v) is 9.50. The van der Waals surface area contributed by atoms with E-state index in [2.05, 4.69) is 51.2 Å². The van der Waals surface area contributed by atoms with Gasteiger partial charge in [0.2, 0.25) is 0 Å². The van der Waals surface area contributed by atoms with E-state index in [1.54, 1.807) is 6.92 Å². The standard InChI is InChI=1S/C29H26N4O2/c1-18-27(19(2)35-32-18)22-14-26-28(31-15-22)25(17-33(26)16-24-6-4-5-13-30-24)21-7-9-23(10-8-21)29(11-12-29)20(3)34/h4-10,13-15,17H,11-12,16H2,1-3H3. The molecule has 0 saturated heterocycles. The van der Waals surface area contributed by atoms with Gasteiger partial charge in [0.05, 0.1) is 34.4 Å². The number of hydrogen-bond acceptors (Lipinski definition) is 5. The summed E-state index contributed by atoms with van der Waals surface area (Å²) in [4.78, 5) is 21.6. The smallest absolute Gasteiger partial charge is 0.141 e. The predicted molar refractivity (Wildman–Crippen MR) is 135 cm³/mol. The number of fused-ring (bicyclic) bond motifs is 1. The third kappa shape index (κ3) is 3.57. The maximum atomic E-state index is 12.2. The van der Waals surface area contributed by atoms with Gasteiger partial charge >= 0.3 is 0 Å². The van der Waals surface area contributed by atoms with Crippen molar-refractivity contribution in [2.75, 3.05) is 0 Å². The number of nitrogens with zero attached hydrogens (tertiary/aromatic N) is 4. The lowest BCUT2D eigenvalue weighted by molar-refractivity contribution is -0.119. The van der Waals surface area contributed by atoms with E-state index in [0.29, 0.717) is 6.54 Å². The Hall–Kier alpha value is -4.06. The number of hydrogen-bond donors (Lipinski definition) is 0. The molecule has 6 nitrogen and oxygen atoms in total. The number of pyridine rings is 2. The van der Waals surface area contributed by atoms with E-state index in [1.807, 2.05) is 44.4 Å². The van der Waals surface area contributed by atoms with E-state index >= 15 is 0 Å². The zero-order valence-corrected chi connectivity index (χ0v) is 20.1. The maximum Gasteiger partial charge on any atom is 0.141 e. The average Bonchev–Trinajstić information content (AvgIpc) is 3.53. The quantitative estimate of drug-likeness (QED) is 0.308. The molecule has 0 unspecified atom stereocenters. The highest BCUT2D eigenvalue weighted by molar-refractivity contribution is 5.95. The molecule has 174 valence electrons. The molecule has 1 aliphatic carbocycles. The highest BCUT2D eigenvalue weighted by Gasteiger charge is 2.48. The van der Waals surface area contributed by atoms with Crippen LogP contribution in [0.3, 0.4) is 0 Å². The normalized spacial score (nSPS) is 14.4. The number of Topliss-reactive ketones (excluding diaryl/α,β-unsaturated/α-hetero) is 1. The fraction of sp³-hybridized carbons (Fsp3) is 0.241. The minimum atomic E-state index is -0.271. The molecule has 0 radical (unpaired) electrons. The zero-order chi connectivity index (χ0) is 24.2. The second kappa shape index (κ2) is 8.01. The van der Waals surface area contributed by atoms with Crippen molar-refractivity contribution in [1.82, 2.24) is 19.7 Å².